The molecule has 6 nitrogen and oxygen atoms in total. The van der Waals surface area contributed by atoms with Crippen LogP contribution in [0.2, 0.25) is 0 Å². The molecule has 1 fully saturated rings. The summed E-state index contributed by atoms with van der Waals surface area (Å²) in [6.45, 7) is 5.18. The molecule has 2 aromatic rings. The van der Waals surface area contributed by atoms with E-state index in [1.165, 1.54) is 5.56 Å². The second kappa shape index (κ2) is 7.09. The Kier molecular flexibility index (Phi) is 4.88. The molecule has 1 saturated heterocycles. The molecule has 0 radical (unpaired) electrons. The number of nitrogens with one attached hydrogen (secondary N) is 2. The minimum Gasteiger partial charge on any atom is -0.354 e. The summed E-state index contributed by atoms with van der Waals surface area (Å²) in [7, 11) is 1.58. The van der Waals surface area contributed by atoms with Crippen molar-refractivity contribution in [3.05, 3.63) is 52.6 Å². The maximum atomic E-state index is 12.4. The molecule has 0 spiro atoms. The van der Waals surface area contributed by atoms with Gasteiger partial charge >= 0.3 is 0 Å². The van der Waals surface area contributed by atoms with Gasteiger partial charge in [-0.05, 0) is 24.5 Å². The first-order valence-corrected chi connectivity index (χ1v) is 8.66. The van der Waals surface area contributed by atoms with Crippen molar-refractivity contribution in [1.29, 1.82) is 0 Å². The van der Waals surface area contributed by atoms with Gasteiger partial charge in [0.05, 0.1) is 0 Å². The van der Waals surface area contributed by atoms with Gasteiger partial charge in [-0.25, -0.2) is 4.98 Å². The van der Waals surface area contributed by atoms with Crippen LogP contribution in [0.5, 0.6) is 0 Å². The van der Waals surface area contributed by atoms with Crippen molar-refractivity contribution in [3.8, 4) is 0 Å². The van der Waals surface area contributed by atoms with Gasteiger partial charge in [0.25, 0.3) is 5.91 Å². The minimum absolute atomic E-state index is 0.000443. The molecular formula is C19H24N4O2. The Labute approximate surface area is 147 Å². The van der Waals surface area contributed by atoms with Gasteiger partial charge in [0, 0.05) is 38.2 Å². The number of likely N-dealkylation sites (tertiary alicyclic amines) is 1. The van der Waals surface area contributed by atoms with Crippen molar-refractivity contribution in [2.45, 2.75) is 39.2 Å². The Bertz CT molecular complexity index is 779. The maximum Gasteiger partial charge on any atom is 0.271 e. The summed E-state index contributed by atoms with van der Waals surface area (Å²) in [6, 6.07) is 8.39. The number of imidazole rings is 1. The predicted octanol–water partition coefficient (Wildman–Crippen LogP) is 2.16. The molecule has 2 amide bonds. The number of aromatic nitrogens is 2. The Morgan fingerprint density at radius 3 is 2.64 bits per heavy atom. The van der Waals surface area contributed by atoms with Gasteiger partial charge < -0.3 is 15.2 Å². The second-order valence-corrected chi connectivity index (χ2v) is 6.52. The van der Waals surface area contributed by atoms with Crippen molar-refractivity contribution >= 4 is 11.8 Å². The van der Waals surface area contributed by atoms with E-state index >= 15 is 0 Å². The van der Waals surface area contributed by atoms with Crippen LogP contribution in [0.4, 0.5) is 0 Å². The molecule has 0 bridgehead atoms. The van der Waals surface area contributed by atoms with Crippen molar-refractivity contribution in [2.24, 2.45) is 0 Å². The van der Waals surface area contributed by atoms with Crippen LogP contribution in [0.15, 0.2) is 24.3 Å². The zero-order chi connectivity index (χ0) is 18.0. The lowest BCUT2D eigenvalue weighted by atomic mass is 10.1. The molecule has 25 heavy (non-hydrogen) atoms. The Hall–Kier alpha value is -2.63. The molecule has 2 heterocycles. The van der Waals surface area contributed by atoms with E-state index in [4.69, 9.17) is 0 Å². The van der Waals surface area contributed by atoms with E-state index in [-0.39, 0.29) is 17.7 Å². The summed E-state index contributed by atoms with van der Waals surface area (Å²) in [6.07, 6.45) is 1.43. The SMILES string of the molecule is CCc1ccc(CN2CC(c3nc(C(=O)NC)c(C)[nH]3)CC2=O)cc1. The lowest BCUT2D eigenvalue weighted by molar-refractivity contribution is -0.128. The van der Waals surface area contributed by atoms with Crippen LogP contribution in [-0.4, -0.2) is 40.3 Å². The van der Waals surface area contributed by atoms with E-state index < -0.39 is 0 Å². The Morgan fingerprint density at radius 2 is 2.00 bits per heavy atom. The first-order valence-electron chi connectivity index (χ1n) is 8.66. The third kappa shape index (κ3) is 3.57. The molecule has 0 aliphatic carbocycles. The molecular weight excluding hydrogens is 316 g/mol. The number of benzene rings is 1. The minimum atomic E-state index is -0.211. The summed E-state index contributed by atoms with van der Waals surface area (Å²) >= 11 is 0. The maximum absolute atomic E-state index is 12.4. The second-order valence-electron chi connectivity index (χ2n) is 6.52. The average Bonchev–Trinajstić information content (AvgIpc) is 3.18. The third-order valence-corrected chi connectivity index (χ3v) is 4.75. The summed E-state index contributed by atoms with van der Waals surface area (Å²) in [4.78, 5) is 33.6. The highest BCUT2D eigenvalue weighted by molar-refractivity contribution is 5.93. The van der Waals surface area contributed by atoms with Crippen molar-refractivity contribution in [3.63, 3.8) is 0 Å². The Balaban J connectivity index is 1.70. The van der Waals surface area contributed by atoms with Crippen LogP contribution < -0.4 is 5.32 Å². The molecule has 1 aromatic heterocycles. The van der Waals surface area contributed by atoms with Gasteiger partial charge in [-0.2, -0.15) is 0 Å². The first-order chi connectivity index (χ1) is 12.0. The topological polar surface area (TPSA) is 78.1 Å². The fourth-order valence-electron chi connectivity index (χ4n) is 3.23. The molecule has 1 aliphatic heterocycles. The number of hydrogen-bond donors (Lipinski definition) is 2. The number of rotatable bonds is 5. The quantitative estimate of drug-likeness (QED) is 0.875. The lowest BCUT2D eigenvalue weighted by Gasteiger charge is -2.16. The molecule has 1 aromatic carbocycles. The van der Waals surface area contributed by atoms with E-state index in [0.29, 0.717) is 31.0 Å². The van der Waals surface area contributed by atoms with Crippen LogP contribution in [-0.2, 0) is 17.8 Å². The molecule has 6 heteroatoms. The zero-order valence-corrected chi connectivity index (χ0v) is 14.9. The van der Waals surface area contributed by atoms with E-state index in [0.717, 1.165) is 17.7 Å². The van der Waals surface area contributed by atoms with E-state index in [9.17, 15) is 9.59 Å². The number of aryl methyl sites for hydroxylation is 2. The number of H-pyrrole nitrogens is 1. The van der Waals surface area contributed by atoms with Gasteiger partial charge in [0.15, 0.2) is 0 Å². The number of nitrogens with zero attached hydrogens (tertiary/aromatic N) is 2. The van der Waals surface area contributed by atoms with Crippen molar-refractivity contribution in [1.82, 2.24) is 20.2 Å². The monoisotopic (exact) mass is 340 g/mol. The highest BCUT2D eigenvalue weighted by atomic mass is 16.2. The molecule has 1 aliphatic rings. The summed E-state index contributed by atoms with van der Waals surface area (Å²) in [5.41, 5.74) is 3.56. The van der Waals surface area contributed by atoms with Crippen LogP contribution >= 0.6 is 0 Å². The van der Waals surface area contributed by atoms with Crippen LogP contribution in [0.25, 0.3) is 0 Å². The van der Waals surface area contributed by atoms with Gasteiger partial charge in [0.1, 0.15) is 11.5 Å². The highest BCUT2D eigenvalue weighted by Crippen LogP contribution is 2.28. The van der Waals surface area contributed by atoms with E-state index in [1.807, 2.05) is 11.8 Å². The molecule has 132 valence electrons. The highest BCUT2D eigenvalue weighted by Gasteiger charge is 2.33. The first kappa shape index (κ1) is 17.2. The van der Waals surface area contributed by atoms with Gasteiger partial charge in [0.2, 0.25) is 5.91 Å². The van der Waals surface area contributed by atoms with Crippen molar-refractivity contribution < 1.29 is 9.59 Å². The molecule has 3 rings (SSSR count). The third-order valence-electron chi connectivity index (χ3n) is 4.75. The van der Waals surface area contributed by atoms with Gasteiger partial charge in [-0.1, -0.05) is 31.2 Å². The van der Waals surface area contributed by atoms with Crippen LogP contribution in [0.3, 0.4) is 0 Å². The normalized spacial score (nSPS) is 17.2. The van der Waals surface area contributed by atoms with E-state index in [2.05, 4.69) is 46.5 Å². The summed E-state index contributed by atoms with van der Waals surface area (Å²) in [5, 5.41) is 2.59. The van der Waals surface area contributed by atoms with Gasteiger partial charge in [-0.15, -0.1) is 0 Å². The number of amides is 2. The van der Waals surface area contributed by atoms with Crippen molar-refractivity contribution in [2.75, 3.05) is 13.6 Å². The lowest BCUT2D eigenvalue weighted by Crippen LogP contribution is -2.24. The molecule has 1 atom stereocenters. The smallest absolute Gasteiger partial charge is 0.271 e. The Morgan fingerprint density at radius 1 is 1.32 bits per heavy atom. The molecule has 0 saturated carbocycles. The fourth-order valence-corrected chi connectivity index (χ4v) is 3.23. The fraction of sp³-hybridized carbons (Fsp3) is 0.421. The van der Waals surface area contributed by atoms with E-state index in [1.54, 1.807) is 7.05 Å². The predicted molar refractivity (Wildman–Crippen MR) is 95.3 cm³/mol. The number of hydrogen-bond acceptors (Lipinski definition) is 3. The standard InChI is InChI=1S/C19H24N4O2/c1-4-13-5-7-14(8-6-13)10-23-11-15(9-16(23)24)18-21-12(2)17(22-18)19(25)20-3/h5-8,15H,4,9-11H2,1-3H3,(H,20,25)(H,21,22). The number of carbonyl (C=O) groups excluding carboxylic acids is 2. The summed E-state index contributed by atoms with van der Waals surface area (Å²) < 4.78 is 0. The van der Waals surface area contributed by atoms with Crippen LogP contribution in [0, 0.1) is 6.92 Å². The molecule has 2 N–H and O–H groups in total. The molecule has 1 unspecified atom stereocenters. The summed E-state index contributed by atoms with van der Waals surface area (Å²) in [5.74, 6) is 0.630. The number of carbonyl (C=O) groups is 2. The number of aromatic amines is 1. The van der Waals surface area contributed by atoms with Gasteiger partial charge in [-0.3, -0.25) is 9.59 Å². The largest absolute Gasteiger partial charge is 0.354 e. The zero-order valence-electron chi connectivity index (χ0n) is 14.9. The average molecular weight is 340 g/mol. The van der Waals surface area contributed by atoms with Crippen LogP contribution in [0.1, 0.15) is 52.4 Å².